The number of ether oxygens (including phenoxy) is 1. The van der Waals surface area contributed by atoms with Gasteiger partial charge < -0.3 is 15.4 Å². The van der Waals surface area contributed by atoms with Crippen molar-refractivity contribution in [1.29, 1.82) is 0 Å². The van der Waals surface area contributed by atoms with Gasteiger partial charge in [0.1, 0.15) is 0 Å². The number of amides is 1. The van der Waals surface area contributed by atoms with Crippen molar-refractivity contribution in [3.63, 3.8) is 0 Å². The molecule has 1 amide bonds. The third-order valence-electron chi connectivity index (χ3n) is 3.01. The van der Waals surface area contributed by atoms with Crippen LogP contribution in [0.15, 0.2) is 0 Å². The summed E-state index contributed by atoms with van der Waals surface area (Å²) in [6.45, 7) is 7.35. The lowest BCUT2D eigenvalue weighted by Gasteiger charge is -2.22. The summed E-state index contributed by atoms with van der Waals surface area (Å²) in [6, 6.07) is 0.0133. The van der Waals surface area contributed by atoms with Crippen LogP contribution in [0.1, 0.15) is 39.5 Å². The molecule has 1 rings (SSSR count). The van der Waals surface area contributed by atoms with Crippen LogP contribution in [0, 0.1) is 5.92 Å². The Morgan fingerprint density at radius 3 is 2.88 bits per heavy atom. The van der Waals surface area contributed by atoms with E-state index in [1.165, 1.54) is 6.42 Å². The molecule has 1 saturated heterocycles. The Balaban J connectivity index is 1.96. The van der Waals surface area contributed by atoms with E-state index in [0.717, 1.165) is 32.4 Å². The maximum absolute atomic E-state index is 11.7. The van der Waals surface area contributed by atoms with Crippen LogP contribution in [0.2, 0.25) is 0 Å². The van der Waals surface area contributed by atoms with Crippen molar-refractivity contribution in [1.82, 2.24) is 10.6 Å². The molecule has 1 heterocycles. The molecule has 1 atom stereocenters. The van der Waals surface area contributed by atoms with Crippen molar-refractivity contribution in [2.75, 3.05) is 26.3 Å². The highest BCUT2D eigenvalue weighted by Gasteiger charge is 2.19. The molecule has 0 aliphatic carbocycles. The van der Waals surface area contributed by atoms with Crippen molar-refractivity contribution < 1.29 is 9.53 Å². The number of hydrogen-bond acceptors (Lipinski definition) is 3. The Morgan fingerprint density at radius 1 is 1.41 bits per heavy atom. The predicted octanol–water partition coefficient (Wildman–Crippen LogP) is 1.31. The summed E-state index contributed by atoms with van der Waals surface area (Å²) >= 11 is 0. The molecule has 4 heteroatoms. The highest BCUT2D eigenvalue weighted by molar-refractivity contribution is 5.81. The summed E-state index contributed by atoms with van der Waals surface area (Å²) in [5.74, 6) is 0.799. The summed E-state index contributed by atoms with van der Waals surface area (Å²) < 4.78 is 5.45. The average molecular weight is 242 g/mol. The van der Waals surface area contributed by atoms with Crippen molar-refractivity contribution in [2.45, 2.75) is 45.6 Å². The SMILES string of the molecule is CC(C)CCOCCNC(=O)[C@H]1CCCCN1. The molecule has 1 aliphatic heterocycles. The predicted molar refractivity (Wildman–Crippen MR) is 68.9 cm³/mol. The van der Waals surface area contributed by atoms with Crippen molar-refractivity contribution >= 4 is 5.91 Å². The number of carbonyl (C=O) groups excluding carboxylic acids is 1. The Morgan fingerprint density at radius 2 is 2.24 bits per heavy atom. The van der Waals surface area contributed by atoms with Crippen LogP contribution in [0.5, 0.6) is 0 Å². The third-order valence-corrected chi connectivity index (χ3v) is 3.01. The fraction of sp³-hybridized carbons (Fsp3) is 0.923. The van der Waals surface area contributed by atoms with Crippen molar-refractivity contribution in [3.8, 4) is 0 Å². The second kappa shape index (κ2) is 8.48. The highest BCUT2D eigenvalue weighted by atomic mass is 16.5. The number of carbonyl (C=O) groups is 1. The molecule has 17 heavy (non-hydrogen) atoms. The molecule has 4 nitrogen and oxygen atoms in total. The first-order valence-electron chi connectivity index (χ1n) is 6.79. The monoisotopic (exact) mass is 242 g/mol. The maximum atomic E-state index is 11.7. The van der Waals surface area contributed by atoms with Crippen LogP contribution in [0.25, 0.3) is 0 Å². The van der Waals surface area contributed by atoms with Gasteiger partial charge >= 0.3 is 0 Å². The molecule has 0 spiro atoms. The summed E-state index contributed by atoms with van der Waals surface area (Å²) in [4.78, 5) is 11.7. The zero-order valence-corrected chi connectivity index (χ0v) is 11.1. The van der Waals surface area contributed by atoms with Crippen molar-refractivity contribution in [2.24, 2.45) is 5.92 Å². The lowest BCUT2D eigenvalue weighted by molar-refractivity contribution is -0.123. The molecule has 1 aliphatic rings. The van der Waals surface area contributed by atoms with E-state index in [2.05, 4.69) is 24.5 Å². The average Bonchev–Trinajstić information content (AvgIpc) is 2.34. The van der Waals surface area contributed by atoms with Crippen LogP contribution < -0.4 is 10.6 Å². The molecule has 0 aromatic rings. The maximum Gasteiger partial charge on any atom is 0.237 e. The second-order valence-electron chi connectivity index (χ2n) is 5.09. The topological polar surface area (TPSA) is 50.4 Å². The highest BCUT2D eigenvalue weighted by Crippen LogP contribution is 2.06. The Kier molecular flexibility index (Phi) is 7.21. The third kappa shape index (κ3) is 6.64. The largest absolute Gasteiger partial charge is 0.380 e. The zero-order valence-electron chi connectivity index (χ0n) is 11.1. The van der Waals surface area contributed by atoms with E-state index in [-0.39, 0.29) is 11.9 Å². The lowest BCUT2D eigenvalue weighted by atomic mass is 10.0. The quantitative estimate of drug-likeness (QED) is 0.662. The first-order valence-corrected chi connectivity index (χ1v) is 6.79. The molecule has 0 unspecified atom stereocenters. The number of piperidine rings is 1. The molecular weight excluding hydrogens is 216 g/mol. The summed E-state index contributed by atoms with van der Waals surface area (Å²) in [6.07, 6.45) is 4.37. The van der Waals surface area contributed by atoms with E-state index < -0.39 is 0 Å². The first-order chi connectivity index (χ1) is 8.20. The van der Waals surface area contributed by atoms with Gasteiger partial charge in [0.05, 0.1) is 12.6 Å². The molecule has 0 saturated carbocycles. The van der Waals surface area contributed by atoms with Gasteiger partial charge in [-0.05, 0) is 31.7 Å². The van der Waals surface area contributed by atoms with Gasteiger partial charge in [-0.1, -0.05) is 20.3 Å². The molecule has 0 aromatic carbocycles. The van der Waals surface area contributed by atoms with E-state index in [4.69, 9.17) is 4.74 Å². The van der Waals surface area contributed by atoms with Crippen LogP contribution in [0.3, 0.4) is 0 Å². The standard InChI is InChI=1S/C13H26N2O2/c1-11(2)6-9-17-10-8-15-13(16)12-5-3-4-7-14-12/h11-12,14H,3-10H2,1-2H3,(H,15,16)/t12-/m1/s1. The minimum atomic E-state index is 0.0133. The van der Waals surface area contributed by atoms with Crippen LogP contribution in [-0.4, -0.2) is 38.3 Å². The molecule has 0 aromatic heterocycles. The second-order valence-corrected chi connectivity index (χ2v) is 5.09. The van der Waals surface area contributed by atoms with E-state index in [1.807, 2.05) is 0 Å². The molecule has 0 radical (unpaired) electrons. The minimum absolute atomic E-state index is 0.0133. The fourth-order valence-electron chi connectivity index (χ4n) is 1.87. The molecular formula is C13H26N2O2. The van der Waals surface area contributed by atoms with E-state index in [0.29, 0.717) is 19.1 Å². The van der Waals surface area contributed by atoms with Gasteiger partial charge in [-0.15, -0.1) is 0 Å². The van der Waals surface area contributed by atoms with E-state index in [9.17, 15) is 4.79 Å². The van der Waals surface area contributed by atoms with Gasteiger partial charge in [0, 0.05) is 13.2 Å². The van der Waals surface area contributed by atoms with Crippen LogP contribution in [0.4, 0.5) is 0 Å². The number of hydrogen-bond donors (Lipinski definition) is 2. The van der Waals surface area contributed by atoms with Gasteiger partial charge in [-0.25, -0.2) is 0 Å². The van der Waals surface area contributed by atoms with Crippen molar-refractivity contribution in [3.05, 3.63) is 0 Å². The van der Waals surface area contributed by atoms with Gasteiger partial charge in [-0.2, -0.15) is 0 Å². The molecule has 0 bridgehead atoms. The molecule has 2 N–H and O–H groups in total. The fourth-order valence-corrected chi connectivity index (χ4v) is 1.87. The molecule has 1 fully saturated rings. The number of rotatable bonds is 7. The normalized spacial score (nSPS) is 20.5. The van der Waals surface area contributed by atoms with E-state index in [1.54, 1.807) is 0 Å². The van der Waals surface area contributed by atoms with E-state index >= 15 is 0 Å². The molecule has 100 valence electrons. The van der Waals surface area contributed by atoms with Gasteiger partial charge in [-0.3, -0.25) is 4.79 Å². The Hall–Kier alpha value is -0.610. The zero-order chi connectivity index (χ0) is 12.5. The summed E-state index contributed by atoms with van der Waals surface area (Å²) in [5.41, 5.74) is 0. The summed E-state index contributed by atoms with van der Waals surface area (Å²) in [5, 5.41) is 6.15. The van der Waals surface area contributed by atoms with Gasteiger partial charge in [0.25, 0.3) is 0 Å². The Bertz CT molecular complexity index is 213. The Labute approximate surface area is 104 Å². The van der Waals surface area contributed by atoms with Gasteiger partial charge in [0.2, 0.25) is 5.91 Å². The smallest absolute Gasteiger partial charge is 0.237 e. The number of nitrogens with one attached hydrogen (secondary N) is 2. The van der Waals surface area contributed by atoms with Crippen LogP contribution >= 0.6 is 0 Å². The van der Waals surface area contributed by atoms with Crippen LogP contribution in [-0.2, 0) is 9.53 Å². The lowest BCUT2D eigenvalue weighted by Crippen LogP contribution is -2.47. The van der Waals surface area contributed by atoms with Gasteiger partial charge in [0.15, 0.2) is 0 Å². The first kappa shape index (κ1) is 14.5. The minimum Gasteiger partial charge on any atom is -0.380 e. The summed E-state index contributed by atoms with van der Waals surface area (Å²) in [7, 11) is 0.